The summed E-state index contributed by atoms with van der Waals surface area (Å²) in [6.07, 6.45) is 2.64. The van der Waals surface area contributed by atoms with Crippen LogP contribution in [0.25, 0.3) is 0 Å². The lowest BCUT2D eigenvalue weighted by Crippen LogP contribution is -2.62. The molecule has 0 aromatic heterocycles. The summed E-state index contributed by atoms with van der Waals surface area (Å²) in [4.78, 5) is 2.67. The van der Waals surface area contributed by atoms with Crippen molar-refractivity contribution >= 4 is 0 Å². The molecule has 0 aromatic carbocycles. The van der Waals surface area contributed by atoms with Gasteiger partial charge in [-0.1, -0.05) is 27.7 Å². The Hall–Kier alpha value is -0.0800. The van der Waals surface area contributed by atoms with Crippen LogP contribution in [0.4, 0.5) is 0 Å². The first kappa shape index (κ1) is 15.0. The number of nitrogens with one attached hydrogen (secondary N) is 1. The number of nitrogens with zero attached hydrogens (tertiary/aromatic N) is 1. The van der Waals surface area contributed by atoms with Gasteiger partial charge in [-0.05, 0) is 58.0 Å². The van der Waals surface area contributed by atoms with Gasteiger partial charge in [0.1, 0.15) is 0 Å². The van der Waals surface area contributed by atoms with E-state index < -0.39 is 0 Å². The van der Waals surface area contributed by atoms with Crippen LogP contribution in [0.1, 0.15) is 54.4 Å². The van der Waals surface area contributed by atoms with Crippen LogP contribution in [0.15, 0.2) is 0 Å². The zero-order valence-electron chi connectivity index (χ0n) is 12.9. The van der Waals surface area contributed by atoms with Crippen molar-refractivity contribution in [3.8, 4) is 0 Å². The van der Waals surface area contributed by atoms with Crippen molar-refractivity contribution in [1.82, 2.24) is 10.2 Å². The van der Waals surface area contributed by atoms with Crippen LogP contribution < -0.4 is 5.32 Å². The highest BCUT2D eigenvalue weighted by Gasteiger charge is 2.53. The SMILES string of the molecule is CCN(C(C)C)C(CC(C)C)(NC)C1CC1C. The second kappa shape index (κ2) is 5.71. The normalized spacial score (nSPS) is 27.9. The minimum absolute atomic E-state index is 0.219. The highest BCUT2D eigenvalue weighted by atomic mass is 15.3. The Kier molecular flexibility index (Phi) is 5.03. The molecule has 1 N–H and O–H groups in total. The van der Waals surface area contributed by atoms with E-state index in [1.165, 1.54) is 12.8 Å². The molecule has 0 aromatic rings. The molecule has 2 heteroatoms. The second-order valence-corrected chi connectivity index (χ2v) is 6.47. The van der Waals surface area contributed by atoms with Crippen molar-refractivity contribution in [2.75, 3.05) is 13.6 Å². The summed E-state index contributed by atoms with van der Waals surface area (Å²) in [5, 5.41) is 3.70. The molecule has 0 radical (unpaired) electrons. The zero-order valence-corrected chi connectivity index (χ0v) is 12.9. The molecule has 1 saturated carbocycles. The van der Waals surface area contributed by atoms with E-state index in [-0.39, 0.29) is 5.66 Å². The van der Waals surface area contributed by atoms with Gasteiger partial charge in [0, 0.05) is 6.04 Å². The van der Waals surface area contributed by atoms with Crippen LogP contribution in [-0.2, 0) is 0 Å². The lowest BCUT2D eigenvalue weighted by molar-refractivity contribution is -0.00278. The van der Waals surface area contributed by atoms with Gasteiger partial charge < -0.3 is 5.32 Å². The van der Waals surface area contributed by atoms with E-state index in [0.29, 0.717) is 6.04 Å². The summed E-state index contributed by atoms with van der Waals surface area (Å²) in [5.74, 6) is 2.45. The van der Waals surface area contributed by atoms with Crippen LogP contribution in [0.3, 0.4) is 0 Å². The fourth-order valence-electron chi connectivity index (χ4n) is 3.63. The monoisotopic (exact) mass is 240 g/mol. The number of hydrogen-bond acceptors (Lipinski definition) is 2. The van der Waals surface area contributed by atoms with Gasteiger partial charge in [-0.25, -0.2) is 0 Å². The molecule has 0 amide bonds. The predicted molar refractivity (Wildman–Crippen MR) is 76.0 cm³/mol. The Morgan fingerprint density at radius 2 is 1.82 bits per heavy atom. The molecule has 3 atom stereocenters. The van der Waals surface area contributed by atoms with Gasteiger partial charge in [-0.2, -0.15) is 0 Å². The minimum atomic E-state index is 0.219. The largest absolute Gasteiger partial charge is 0.302 e. The van der Waals surface area contributed by atoms with E-state index in [0.717, 1.165) is 24.3 Å². The molecule has 0 aliphatic heterocycles. The molecule has 0 heterocycles. The first-order chi connectivity index (χ1) is 7.89. The van der Waals surface area contributed by atoms with E-state index in [1.54, 1.807) is 0 Å². The van der Waals surface area contributed by atoms with Gasteiger partial charge in [0.25, 0.3) is 0 Å². The molecule has 1 aliphatic rings. The lowest BCUT2D eigenvalue weighted by Gasteiger charge is -2.48. The van der Waals surface area contributed by atoms with Gasteiger partial charge in [0.2, 0.25) is 0 Å². The number of rotatable bonds is 7. The molecular weight excluding hydrogens is 208 g/mol. The Morgan fingerprint density at radius 1 is 1.29 bits per heavy atom. The van der Waals surface area contributed by atoms with E-state index in [4.69, 9.17) is 0 Å². The molecule has 2 nitrogen and oxygen atoms in total. The average molecular weight is 240 g/mol. The van der Waals surface area contributed by atoms with Gasteiger partial charge in [-0.15, -0.1) is 0 Å². The summed E-state index contributed by atoms with van der Waals surface area (Å²) in [7, 11) is 2.15. The molecule has 1 rings (SSSR count). The first-order valence-electron chi connectivity index (χ1n) is 7.34. The van der Waals surface area contributed by atoms with Gasteiger partial charge >= 0.3 is 0 Å². The van der Waals surface area contributed by atoms with Crippen molar-refractivity contribution in [1.29, 1.82) is 0 Å². The standard InChI is InChI=1S/C15H32N2/c1-8-17(12(4)5)15(16-7,10-11(2)3)14-9-13(14)6/h11-14,16H,8-10H2,1-7H3. The minimum Gasteiger partial charge on any atom is -0.302 e. The predicted octanol–water partition coefficient (Wildman–Crippen LogP) is 3.33. The third kappa shape index (κ3) is 3.03. The average Bonchev–Trinajstić information content (AvgIpc) is 2.94. The summed E-state index contributed by atoms with van der Waals surface area (Å²) in [6.45, 7) is 15.1. The summed E-state index contributed by atoms with van der Waals surface area (Å²) >= 11 is 0. The molecule has 0 spiro atoms. The molecule has 0 saturated heterocycles. The molecular formula is C15H32N2. The Bertz CT molecular complexity index is 237. The third-order valence-corrected chi connectivity index (χ3v) is 4.35. The van der Waals surface area contributed by atoms with E-state index in [9.17, 15) is 0 Å². The molecule has 1 fully saturated rings. The Morgan fingerprint density at radius 3 is 2.06 bits per heavy atom. The van der Waals surface area contributed by atoms with E-state index >= 15 is 0 Å². The lowest BCUT2D eigenvalue weighted by atomic mass is 9.88. The molecule has 102 valence electrons. The smallest absolute Gasteiger partial charge is 0.0746 e. The van der Waals surface area contributed by atoms with Gasteiger partial charge in [0.05, 0.1) is 5.66 Å². The van der Waals surface area contributed by atoms with Crippen LogP contribution in [0.2, 0.25) is 0 Å². The van der Waals surface area contributed by atoms with Gasteiger partial charge in [-0.3, -0.25) is 4.90 Å². The fraction of sp³-hybridized carbons (Fsp3) is 1.00. The van der Waals surface area contributed by atoms with Crippen LogP contribution in [0.5, 0.6) is 0 Å². The first-order valence-corrected chi connectivity index (χ1v) is 7.34. The maximum absolute atomic E-state index is 3.70. The number of hydrogen-bond donors (Lipinski definition) is 1. The quantitative estimate of drug-likeness (QED) is 0.687. The fourth-order valence-corrected chi connectivity index (χ4v) is 3.63. The highest BCUT2D eigenvalue weighted by Crippen LogP contribution is 2.50. The van der Waals surface area contributed by atoms with Crippen molar-refractivity contribution in [3.05, 3.63) is 0 Å². The maximum atomic E-state index is 3.70. The van der Waals surface area contributed by atoms with Crippen molar-refractivity contribution < 1.29 is 0 Å². The Balaban J connectivity index is 2.96. The molecule has 1 aliphatic carbocycles. The highest BCUT2D eigenvalue weighted by molar-refractivity contribution is 5.04. The molecule has 17 heavy (non-hydrogen) atoms. The third-order valence-electron chi connectivity index (χ3n) is 4.35. The van der Waals surface area contributed by atoms with Crippen molar-refractivity contribution in [2.45, 2.75) is 66.1 Å². The van der Waals surface area contributed by atoms with Crippen LogP contribution in [-0.4, -0.2) is 30.2 Å². The van der Waals surface area contributed by atoms with Crippen LogP contribution in [0, 0.1) is 17.8 Å². The summed E-state index contributed by atoms with van der Waals surface area (Å²) in [6, 6.07) is 0.610. The zero-order chi connectivity index (χ0) is 13.2. The van der Waals surface area contributed by atoms with Gasteiger partial charge in [0.15, 0.2) is 0 Å². The summed E-state index contributed by atoms with van der Waals surface area (Å²) in [5.41, 5.74) is 0.219. The van der Waals surface area contributed by atoms with E-state index in [2.05, 4.69) is 58.8 Å². The van der Waals surface area contributed by atoms with Crippen molar-refractivity contribution in [3.63, 3.8) is 0 Å². The second-order valence-electron chi connectivity index (χ2n) is 6.47. The van der Waals surface area contributed by atoms with E-state index in [1.807, 2.05) is 0 Å². The topological polar surface area (TPSA) is 15.3 Å². The molecule has 3 unspecified atom stereocenters. The van der Waals surface area contributed by atoms with Crippen LogP contribution >= 0.6 is 0 Å². The molecule has 0 bridgehead atoms. The summed E-state index contributed by atoms with van der Waals surface area (Å²) < 4.78 is 0. The Labute approximate surface area is 108 Å². The van der Waals surface area contributed by atoms with Crippen molar-refractivity contribution in [2.24, 2.45) is 17.8 Å². The maximum Gasteiger partial charge on any atom is 0.0746 e.